The van der Waals surface area contributed by atoms with Gasteiger partial charge in [0.05, 0.1) is 12.2 Å². The van der Waals surface area contributed by atoms with Gasteiger partial charge in [-0.25, -0.2) is 4.79 Å². The smallest absolute Gasteiger partial charge is 0.342 e. The Morgan fingerprint density at radius 2 is 1.94 bits per heavy atom. The van der Waals surface area contributed by atoms with Crippen molar-refractivity contribution in [2.45, 2.75) is 13.8 Å². The van der Waals surface area contributed by atoms with Crippen molar-refractivity contribution < 1.29 is 23.5 Å². The number of ketones is 2. The molecule has 0 N–H and O–H groups in total. The molecule has 17 heavy (non-hydrogen) atoms. The van der Waals surface area contributed by atoms with E-state index in [1.807, 2.05) is 0 Å². The van der Waals surface area contributed by atoms with Crippen LogP contribution in [0.15, 0.2) is 16.6 Å². The molecule has 0 saturated heterocycles. The van der Waals surface area contributed by atoms with E-state index in [-0.39, 0.29) is 29.3 Å². The van der Waals surface area contributed by atoms with Crippen molar-refractivity contribution in [2.24, 2.45) is 0 Å². The van der Waals surface area contributed by atoms with Crippen molar-refractivity contribution in [3.8, 4) is 0 Å². The SMILES string of the molecule is CCOC(=O)c1c(C)oc2c1C(=O)C=CC2=O. The van der Waals surface area contributed by atoms with Gasteiger partial charge in [0.1, 0.15) is 11.3 Å². The Balaban J connectivity index is 2.60. The molecule has 0 saturated carbocycles. The minimum absolute atomic E-state index is 0.00782. The predicted octanol–water partition coefficient (Wildman–Crippen LogP) is 1.70. The number of carbonyl (C=O) groups is 3. The van der Waals surface area contributed by atoms with Crippen molar-refractivity contribution in [1.29, 1.82) is 0 Å². The molecule has 0 aromatic carbocycles. The predicted molar refractivity (Wildman–Crippen MR) is 57.2 cm³/mol. The van der Waals surface area contributed by atoms with Crippen LogP contribution in [0.1, 0.15) is 44.0 Å². The summed E-state index contributed by atoms with van der Waals surface area (Å²) in [5.41, 5.74) is 0.0537. The molecule has 0 unspecified atom stereocenters. The molecular weight excluding hydrogens is 224 g/mol. The number of fused-ring (bicyclic) bond motifs is 1. The van der Waals surface area contributed by atoms with E-state index in [4.69, 9.17) is 9.15 Å². The fraction of sp³-hybridized carbons (Fsp3) is 0.250. The van der Waals surface area contributed by atoms with Crippen molar-refractivity contribution in [2.75, 3.05) is 6.61 Å². The molecule has 0 radical (unpaired) electrons. The normalized spacial score (nSPS) is 13.8. The van der Waals surface area contributed by atoms with Crippen LogP contribution in [-0.2, 0) is 4.74 Å². The monoisotopic (exact) mass is 234 g/mol. The van der Waals surface area contributed by atoms with Gasteiger partial charge >= 0.3 is 5.97 Å². The molecule has 1 aliphatic rings. The standard InChI is InChI=1S/C12H10O5/c1-3-16-12(15)9-6(2)17-11-8(14)5-4-7(13)10(9)11/h4-5H,3H2,1-2H3. The molecular formula is C12H10O5. The van der Waals surface area contributed by atoms with Gasteiger partial charge in [-0.05, 0) is 26.0 Å². The summed E-state index contributed by atoms with van der Waals surface area (Å²) in [5, 5.41) is 0. The molecule has 1 aromatic heterocycles. The Kier molecular flexibility index (Phi) is 2.67. The molecule has 1 aromatic rings. The van der Waals surface area contributed by atoms with E-state index < -0.39 is 17.5 Å². The third kappa shape index (κ3) is 1.69. The molecule has 1 aliphatic carbocycles. The first-order valence-electron chi connectivity index (χ1n) is 5.13. The van der Waals surface area contributed by atoms with Gasteiger partial charge in [0.2, 0.25) is 5.78 Å². The summed E-state index contributed by atoms with van der Waals surface area (Å²) in [5.74, 6) is -1.35. The van der Waals surface area contributed by atoms with Crippen molar-refractivity contribution >= 4 is 17.5 Å². The maximum atomic E-state index is 11.7. The first-order valence-corrected chi connectivity index (χ1v) is 5.13. The summed E-state index contributed by atoms with van der Waals surface area (Å²) < 4.78 is 9.99. The molecule has 0 atom stereocenters. The van der Waals surface area contributed by atoms with Crippen molar-refractivity contribution in [3.05, 3.63) is 34.8 Å². The summed E-state index contributed by atoms with van der Waals surface area (Å²) in [7, 11) is 0. The highest BCUT2D eigenvalue weighted by Gasteiger charge is 2.32. The highest BCUT2D eigenvalue weighted by Crippen LogP contribution is 2.27. The number of furan rings is 1. The second kappa shape index (κ2) is 4.01. The Hall–Kier alpha value is -2.17. The van der Waals surface area contributed by atoms with Crippen molar-refractivity contribution in [1.82, 2.24) is 0 Å². The second-order valence-corrected chi connectivity index (χ2v) is 3.52. The van der Waals surface area contributed by atoms with Gasteiger partial charge < -0.3 is 9.15 Å². The van der Waals surface area contributed by atoms with Crippen LogP contribution in [0, 0.1) is 6.92 Å². The molecule has 0 bridgehead atoms. The van der Waals surface area contributed by atoms with Gasteiger partial charge in [-0.15, -0.1) is 0 Å². The average molecular weight is 234 g/mol. The summed E-state index contributed by atoms with van der Waals surface area (Å²) in [6.45, 7) is 3.37. The van der Waals surface area contributed by atoms with Crippen LogP contribution < -0.4 is 0 Å². The molecule has 88 valence electrons. The Morgan fingerprint density at radius 1 is 1.29 bits per heavy atom. The van der Waals surface area contributed by atoms with Gasteiger partial charge in [0.15, 0.2) is 11.5 Å². The lowest BCUT2D eigenvalue weighted by atomic mass is 9.98. The number of ether oxygens (including phenoxy) is 1. The van der Waals surface area contributed by atoms with Crippen LogP contribution in [0.2, 0.25) is 0 Å². The third-order valence-corrected chi connectivity index (χ3v) is 2.42. The highest BCUT2D eigenvalue weighted by atomic mass is 16.5. The fourth-order valence-electron chi connectivity index (χ4n) is 1.71. The number of allylic oxidation sites excluding steroid dienone is 2. The average Bonchev–Trinajstić information content (AvgIpc) is 2.63. The van der Waals surface area contributed by atoms with E-state index >= 15 is 0 Å². The van der Waals surface area contributed by atoms with Gasteiger partial charge in [-0.2, -0.15) is 0 Å². The number of hydrogen-bond acceptors (Lipinski definition) is 5. The molecule has 5 nitrogen and oxygen atoms in total. The third-order valence-electron chi connectivity index (χ3n) is 2.42. The van der Waals surface area contributed by atoms with E-state index in [2.05, 4.69) is 0 Å². The number of aryl methyl sites for hydroxylation is 1. The van der Waals surface area contributed by atoms with E-state index in [1.54, 1.807) is 6.92 Å². The summed E-state index contributed by atoms with van der Waals surface area (Å²) in [4.78, 5) is 34.8. The molecule has 0 spiro atoms. The lowest BCUT2D eigenvalue weighted by molar-refractivity contribution is 0.0522. The van der Waals surface area contributed by atoms with Gasteiger partial charge in [-0.3, -0.25) is 9.59 Å². The zero-order valence-corrected chi connectivity index (χ0v) is 9.40. The Bertz CT molecular complexity index is 547. The van der Waals surface area contributed by atoms with Crippen LogP contribution in [-0.4, -0.2) is 24.1 Å². The van der Waals surface area contributed by atoms with Gasteiger partial charge in [-0.1, -0.05) is 0 Å². The minimum Gasteiger partial charge on any atom is -0.462 e. The summed E-state index contributed by atoms with van der Waals surface area (Å²) >= 11 is 0. The first kappa shape index (κ1) is 11.3. The summed E-state index contributed by atoms with van der Waals surface area (Å²) in [6.07, 6.45) is 2.25. The molecule has 0 amide bonds. The Labute approximate surface area is 97.0 Å². The topological polar surface area (TPSA) is 73.6 Å². The van der Waals surface area contributed by atoms with E-state index in [1.165, 1.54) is 6.92 Å². The van der Waals surface area contributed by atoms with Gasteiger partial charge in [0.25, 0.3) is 0 Å². The zero-order chi connectivity index (χ0) is 12.6. The van der Waals surface area contributed by atoms with Crippen LogP contribution in [0.3, 0.4) is 0 Å². The molecule has 2 rings (SSSR count). The minimum atomic E-state index is -0.647. The number of hydrogen-bond donors (Lipinski definition) is 0. The maximum absolute atomic E-state index is 11.7. The maximum Gasteiger partial charge on any atom is 0.342 e. The largest absolute Gasteiger partial charge is 0.462 e. The lowest BCUT2D eigenvalue weighted by Gasteiger charge is -2.04. The Morgan fingerprint density at radius 3 is 2.59 bits per heavy atom. The summed E-state index contributed by atoms with van der Waals surface area (Å²) in [6, 6.07) is 0. The van der Waals surface area contributed by atoms with Crippen LogP contribution in [0.5, 0.6) is 0 Å². The van der Waals surface area contributed by atoms with Gasteiger partial charge in [0, 0.05) is 0 Å². The van der Waals surface area contributed by atoms with E-state index in [0.29, 0.717) is 0 Å². The first-order chi connectivity index (χ1) is 8.06. The van der Waals surface area contributed by atoms with Crippen LogP contribution in [0.25, 0.3) is 0 Å². The van der Waals surface area contributed by atoms with E-state index in [9.17, 15) is 14.4 Å². The van der Waals surface area contributed by atoms with Crippen molar-refractivity contribution in [3.63, 3.8) is 0 Å². The van der Waals surface area contributed by atoms with E-state index in [0.717, 1.165) is 12.2 Å². The molecule has 5 heteroatoms. The molecule has 0 fully saturated rings. The van der Waals surface area contributed by atoms with Crippen LogP contribution >= 0.6 is 0 Å². The lowest BCUT2D eigenvalue weighted by Crippen LogP contribution is -2.15. The second-order valence-electron chi connectivity index (χ2n) is 3.52. The molecule has 1 heterocycles. The number of esters is 1. The number of rotatable bonds is 2. The number of carbonyl (C=O) groups excluding carboxylic acids is 3. The molecule has 0 aliphatic heterocycles. The fourth-order valence-corrected chi connectivity index (χ4v) is 1.71. The highest BCUT2D eigenvalue weighted by molar-refractivity contribution is 6.24. The zero-order valence-electron chi connectivity index (χ0n) is 9.40. The van der Waals surface area contributed by atoms with Crippen LogP contribution in [0.4, 0.5) is 0 Å². The quantitative estimate of drug-likeness (QED) is 0.728.